The summed E-state index contributed by atoms with van der Waals surface area (Å²) < 4.78 is 2.40. The molecule has 0 aromatic carbocycles. The molecular weight excluding hydrogens is 124 g/mol. The number of nitrogens with one attached hydrogen (secondary N) is 1. The highest BCUT2D eigenvalue weighted by Gasteiger charge is 1.93. The van der Waals surface area contributed by atoms with E-state index >= 15 is 0 Å². The van der Waals surface area contributed by atoms with Gasteiger partial charge in [0.2, 0.25) is 0 Å². The van der Waals surface area contributed by atoms with Crippen molar-refractivity contribution < 1.29 is 4.79 Å². The molecule has 0 fully saturated rings. The summed E-state index contributed by atoms with van der Waals surface area (Å²) in [5, 5.41) is 0.391. The minimum absolute atomic E-state index is 0.391. The fourth-order valence-corrected chi connectivity index (χ4v) is 0.528. The van der Waals surface area contributed by atoms with Gasteiger partial charge in [0.25, 0.3) is 0 Å². The molecule has 3 N–H and O–H groups in total. The summed E-state index contributed by atoms with van der Waals surface area (Å²) in [5.41, 5.74) is 4.77. The van der Waals surface area contributed by atoms with Crippen LogP contribution >= 0.6 is 11.9 Å². The average molecular weight is 134 g/mol. The molecule has 0 radical (unpaired) electrons. The Balaban J connectivity index is 3.05. The molecule has 0 aliphatic heterocycles. The lowest BCUT2D eigenvalue weighted by atomic mass is 10.6. The Labute approximate surface area is 53.1 Å². The van der Waals surface area contributed by atoms with Crippen LogP contribution < -0.4 is 10.5 Å². The summed E-state index contributed by atoms with van der Waals surface area (Å²) in [6.07, 6.45) is 0. The molecule has 0 aromatic rings. The van der Waals surface area contributed by atoms with E-state index < -0.39 is 6.03 Å². The zero-order valence-corrected chi connectivity index (χ0v) is 5.79. The van der Waals surface area contributed by atoms with Crippen molar-refractivity contribution in [2.75, 3.05) is 0 Å². The molecule has 0 saturated heterocycles. The van der Waals surface area contributed by atoms with Crippen molar-refractivity contribution in [2.45, 2.75) is 19.1 Å². The van der Waals surface area contributed by atoms with Gasteiger partial charge in [-0.25, -0.2) is 4.79 Å². The summed E-state index contributed by atoms with van der Waals surface area (Å²) in [5.74, 6) is 0. The summed E-state index contributed by atoms with van der Waals surface area (Å²) in [6, 6.07) is -0.483. The van der Waals surface area contributed by atoms with E-state index in [1.165, 1.54) is 11.9 Å². The van der Waals surface area contributed by atoms with Crippen LogP contribution in [0.5, 0.6) is 0 Å². The third kappa shape index (κ3) is 5.62. The van der Waals surface area contributed by atoms with Crippen molar-refractivity contribution >= 4 is 18.0 Å². The van der Waals surface area contributed by atoms with Gasteiger partial charge in [-0.2, -0.15) is 0 Å². The summed E-state index contributed by atoms with van der Waals surface area (Å²) in [4.78, 5) is 9.99. The number of primary amides is 1. The molecule has 2 amide bonds. The van der Waals surface area contributed by atoms with Crippen molar-refractivity contribution in [2.24, 2.45) is 5.73 Å². The number of carbonyl (C=O) groups excluding carboxylic acids is 1. The molecule has 0 saturated carbocycles. The van der Waals surface area contributed by atoms with Gasteiger partial charge in [0.15, 0.2) is 0 Å². The predicted octanol–water partition coefficient (Wildman–Crippen LogP) is 0.711. The number of hydrogen-bond acceptors (Lipinski definition) is 2. The van der Waals surface area contributed by atoms with Gasteiger partial charge in [-0.15, -0.1) is 0 Å². The highest BCUT2D eigenvalue weighted by Crippen LogP contribution is 2.01. The summed E-state index contributed by atoms with van der Waals surface area (Å²) in [7, 11) is 0. The smallest absolute Gasteiger partial charge is 0.322 e. The molecule has 0 spiro atoms. The first-order valence-electron chi connectivity index (χ1n) is 2.34. The molecule has 4 heteroatoms. The fourth-order valence-electron chi connectivity index (χ4n) is 0.176. The lowest BCUT2D eigenvalue weighted by Gasteiger charge is -2.01. The maximum absolute atomic E-state index is 9.99. The van der Waals surface area contributed by atoms with Gasteiger partial charge in [-0.05, 0) is 11.9 Å². The topological polar surface area (TPSA) is 55.1 Å². The summed E-state index contributed by atoms with van der Waals surface area (Å²) in [6.45, 7) is 3.95. The number of carbonyl (C=O) groups is 1. The Morgan fingerprint density at radius 2 is 2.25 bits per heavy atom. The molecule has 3 nitrogen and oxygen atoms in total. The van der Waals surface area contributed by atoms with Gasteiger partial charge in [0.1, 0.15) is 0 Å². The van der Waals surface area contributed by atoms with Gasteiger partial charge in [-0.3, -0.25) is 4.72 Å². The molecule has 0 rings (SSSR count). The molecule has 0 bridgehead atoms. The van der Waals surface area contributed by atoms with Gasteiger partial charge in [-0.1, -0.05) is 13.8 Å². The van der Waals surface area contributed by atoms with Crippen molar-refractivity contribution in [1.29, 1.82) is 0 Å². The zero-order chi connectivity index (χ0) is 6.57. The first-order valence-corrected chi connectivity index (χ1v) is 3.22. The van der Waals surface area contributed by atoms with Gasteiger partial charge in [0.05, 0.1) is 0 Å². The minimum atomic E-state index is -0.483. The summed E-state index contributed by atoms with van der Waals surface area (Å²) >= 11 is 1.31. The van der Waals surface area contributed by atoms with Crippen LogP contribution in [0.3, 0.4) is 0 Å². The molecule has 48 valence electrons. The van der Waals surface area contributed by atoms with Gasteiger partial charge in [0, 0.05) is 5.25 Å². The Kier molecular flexibility index (Phi) is 3.43. The second kappa shape index (κ2) is 3.60. The van der Waals surface area contributed by atoms with Crippen molar-refractivity contribution in [1.82, 2.24) is 4.72 Å². The zero-order valence-electron chi connectivity index (χ0n) is 4.97. The van der Waals surface area contributed by atoms with E-state index in [1.807, 2.05) is 13.8 Å². The van der Waals surface area contributed by atoms with Gasteiger partial charge < -0.3 is 5.73 Å². The standard InChI is InChI=1S/C4H10N2OS/c1-3(2)8-6-4(5)7/h3H,1-2H3,(H3,5,6,7). The molecule has 8 heavy (non-hydrogen) atoms. The van der Waals surface area contributed by atoms with Crippen LogP contribution in [0.2, 0.25) is 0 Å². The van der Waals surface area contributed by atoms with E-state index in [9.17, 15) is 4.79 Å². The lowest BCUT2D eigenvalue weighted by Crippen LogP contribution is -2.24. The van der Waals surface area contributed by atoms with Crippen LogP contribution in [0.4, 0.5) is 4.79 Å². The Morgan fingerprint density at radius 1 is 1.75 bits per heavy atom. The molecule has 0 unspecified atom stereocenters. The van der Waals surface area contributed by atoms with E-state index in [-0.39, 0.29) is 0 Å². The quantitative estimate of drug-likeness (QED) is 0.546. The van der Waals surface area contributed by atoms with Crippen LogP contribution in [-0.4, -0.2) is 11.3 Å². The molecule has 0 aliphatic carbocycles. The fraction of sp³-hybridized carbons (Fsp3) is 0.750. The number of rotatable bonds is 2. The SMILES string of the molecule is CC(C)SNC(N)=O. The largest absolute Gasteiger partial charge is 0.351 e. The van der Waals surface area contributed by atoms with Crippen molar-refractivity contribution in [3.8, 4) is 0 Å². The van der Waals surface area contributed by atoms with E-state index in [4.69, 9.17) is 5.73 Å². The number of urea groups is 1. The number of amides is 2. The second-order valence-electron chi connectivity index (χ2n) is 1.63. The normalized spacial score (nSPS) is 9.38. The van der Waals surface area contributed by atoms with E-state index in [0.29, 0.717) is 5.25 Å². The van der Waals surface area contributed by atoms with Crippen LogP contribution in [0.15, 0.2) is 0 Å². The highest BCUT2D eigenvalue weighted by molar-refractivity contribution is 7.98. The Bertz CT molecular complexity index is 84.1. The van der Waals surface area contributed by atoms with E-state index in [1.54, 1.807) is 0 Å². The number of hydrogen-bond donors (Lipinski definition) is 2. The third-order valence-corrected chi connectivity index (χ3v) is 1.19. The van der Waals surface area contributed by atoms with Crippen molar-refractivity contribution in [3.05, 3.63) is 0 Å². The van der Waals surface area contributed by atoms with E-state index in [0.717, 1.165) is 0 Å². The van der Waals surface area contributed by atoms with Crippen molar-refractivity contribution in [3.63, 3.8) is 0 Å². The molecule has 0 aliphatic rings. The Hall–Kier alpha value is -0.380. The maximum Gasteiger partial charge on any atom is 0.322 e. The van der Waals surface area contributed by atoms with Crippen LogP contribution in [0.25, 0.3) is 0 Å². The minimum Gasteiger partial charge on any atom is -0.351 e. The van der Waals surface area contributed by atoms with Crippen LogP contribution in [0, 0.1) is 0 Å². The second-order valence-corrected chi connectivity index (χ2v) is 3.02. The first-order chi connectivity index (χ1) is 3.63. The van der Waals surface area contributed by atoms with E-state index in [2.05, 4.69) is 4.72 Å². The number of nitrogens with two attached hydrogens (primary N) is 1. The molecule has 0 aromatic heterocycles. The molecular formula is C4H10N2OS. The highest BCUT2D eigenvalue weighted by atomic mass is 32.2. The third-order valence-electron chi connectivity index (χ3n) is 0.395. The average Bonchev–Trinajstić information content (AvgIpc) is 1.61. The molecule has 0 heterocycles. The van der Waals surface area contributed by atoms with Crippen LogP contribution in [-0.2, 0) is 0 Å². The first kappa shape index (κ1) is 7.62. The monoisotopic (exact) mass is 134 g/mol. The van der Waals surface area contributed by atoms with Gasteiger partial charge >= 0.3 is 6.03 Å². The maximum atomic E-state index is 9.99. The lowest BCUT2D eigenvalue weighted by molar-refractivity contribution is 0.254. The van der Waals surface area contributed by atoms with Crippen LogP contribution in [0.1, 0.15) is 13.8 Å². The Morgan fingerprint density at radius 3 is 2.38 bits per heavy atom. The molecule has 0 atom stereocenters. The predicted molar refractivity (Wildman–Crippen MR) is 35.4 cm³/mol.